The lowest BCUT2D eigenvalue weighted by molar-refractivity contribution is 0.349. The Morgan fingerprint density at radius 1 is 1.25 bits per heavy atom. The van der Waals surface area contributed by atoms with Crippen LogP contribution in [0.3, 0.4) is 0 Å². The maximum atomic E-state index is 5.56. The molecule has 2 atom stereocenters. The fourth-order valence-corrected chi connectivity index (χ4v) is 5.38. The number of aryl methyl sites for hydroxylation is 2. The monoisotopic (exact) mass is 344 g/mol. The highest BCUT2D eigenvalue weighted by atomic mass is 32.1. The van der Waals surface area contributed by atoms with Crippen LogP contribution in [0, 0.1) is 0 Å². The van der Waals surface area contributed by atoms with Crippen molar-refractivity contribution in [2.24, 2.45) is 0 Å². The quantitative estimate of drug-likeness (QED) is 0.919. The van der Waals surface area contributed by atoms with E-state index in [0.29, 0.717) is 12.0 Å². The molecule has 2 unspecified atom stereocenters. The van der Waals surface area contributed by atoms with Crippen LogP contribution in [-0.2, 0) is 19.4 Å². The molecule has 2 aliphatic rings. The summed E-state index contributed by atoms with van der Waals surface area (Å²) in [6, 6.07) is 4.84. The van der Waals surface area contributed by atoms with Crippen LogP contribution in [0.4, 0.5) is 0 Å². The molecule has 1 aliphatic heterocycles. The van der Waals surface area contributed by atoms with Gasteiger partial charge in [-0.2, -0.15) is 0 Å². The molecule has 24 heavy (non-hydrogen) atoms. The average Bonchev–Trinajstić information content (AvgIpc) is 3.03. The highest BCUT2D eigenvalue weighted by Crippen LogP contribution is 2.46. The third kappa shape index (κ3) is 2.50. The van der Waals surface area contributed by atoms with E-state index in [1.54, 1.807) is 14.2 Å². The van der Waals surface area contributed by atoms with Crippen molar-refractivity contribution in [3.63, 3.8) is 0 Å². The Labute approximate surface area is 147 Å². The lowest BCUT2D eigenvalue weighted by Gasteiger charge is -2.37. The van der Waals surface area contributed by atoms with Crippen molar-refractivity contribution in [2.45, 2.75) is 51.1 Å². The third-order valence-electron chi connectivity index (χ3n) is 5.16. The van der Waals surface area contributed by atoms with Crippen molar-refractivity contribution >= 4 is 11.3 Å². The van der Waals surface area contributed by atoms with Crippen LogP contribution in [-0.4, -0.2) is 25.2 Å². The Balaban J connectivity index is 1.82. The van der Waals surface area contributed by atoms with Gasteiger partial charge in [0.25, 0.3) is 0 Å². The normalized spacial score (nSPS) is 21.6. The second-order valence-corrected chi connectivity index (χ2v) is 7.69. The number of aromatic nitrogens is 1. The zero-order valence-corrected chi connectivity index (χ0v) is 15.3. The Kier molecular flexibility index (Phi) is 4.22. The number of rotatable bonds is 4. The molecular weight excluding hydrogens is 320 g/mol. The molecule has 0 saturated carbocycles. The molecule has 5 heteroatoms. The maximum Gasteiger partial charge on any atom is 0.161 e. The number of nitrogens with zero attached hydrogens (tertiary/aromatic N) is 1. The van der Waals surface area contributed by atoms with Gasteiger partial charge < -0.3 is 14.8 Å². The zero-order valence-electron chi connectivity index (χ0n) is 14.5. The average molecular weight is 344 g/mol. The minimum atomic E-state index is 0.389. The second-order valence-electron chi connectivity index (χ2n) is 6.58. The van der Waals surface area contributed by atoms with Crippen molar-refractivity contribution < 1.29 is 9.47 Å². The summed E-state index contributed by atoms with van der Waals surface area (Å²) in [5.41, 5.74) is 4.00. The largest absolute Gasteiger partial charge is 0.493 e. The van der Waals surface area contributed by atoms with Gasteiger partial charge in [-0.25, -0.2) is 4.98 Å². The summed E-state index contributed by atoms with van der Waals surface area (Å²) in [6.07, 6.45) is 4.47. The number of thiazole rings is 1. The molecule has 0 saturated heterocycles. The molecule has 0 bridgehead atoms. The number of methoxy groups -OCH3 is 2. The number of nitrogens with one attached hydrogen (secondary N) is 1. The first-order valence-corrected chi connectivity index (χ1v) is 9.53. The number of hydrogen-bond acceptors (Lipinski definition) is 5. The van der Waals surface area contributed by atoms with Crippen LogP contribution < -0.4 is 14.8 Å². The van der Waals surface area contributed by atoms with Crippen LogP contribution in [0.15, 0.2) is 12.1 Å². The van der Waals surface area contributed by atoms with Gasteiger partial charge in [0.05, 0.1) is 24.9 Å². The number of benzene rings is 1. The lowest BCUT2D eigenvalue weighted by atomic mass is 9.76. The molecule has 0 fully saturated rings. The van der Waals surface area contributed by atoms with Gasteiger partial charge in [-0.1, -0.05) is 6.92 Å². The molecule has 128 valence electrons. The zero-order chi connectivity index (χ0) is 16.7. The van der Waals surface area contributed by atoms with E-state index in [1.807, 2.05) is 11.3 Å². The molecule has 4 rings (SSSR count). The first kappa shape index (κ1) is 15.9. The molecule has 0 spiro atoms. The molecule has 2 heterocycles. The smallest absolute Gasteiger partial charge is 0.161 e. The van der Waals surface area contributed by atoms with Crippen molar-refractivity contribution in [3.8, 4) is 11.5 Å². The standard InChI is InChI=1S/C19H24N2O2S/c1-4-5-17-21-14-10-20-13-7-6-11-8-15(22-2)16(23-3)9-12(11)18(13)19(14)24-17/h8-9,13,18,20H,4-7,10H2,1-3H3. The predicted octanol–water partition coefficient (Wildman–Crippen LogP) is 3.66. The van der Waals surface area contributed by atoms with E-state index in [-0.39, 0.29) is 0 Å². The number of fused-ring (bicyclic) bond motifs is 5. The van der Waals surface area contributed by atoms with Gasteiger partial charge in [-0.15, -0.1) is 11.3 Å². The summed E-state index contributed by atoms with van der Waals surface area (Å²) >= 11 is 1.91. The van der Waals surface area contributed by atoms with Crippen molar-refractivity contribution in [3.05, 3.63) is 38.8 Å². The Bertz CT molecular complexity index is 756. The molecule has 1 N–H and O–H groups in total. The van der Waals surface area contributed by atoms with Gasteiger partial charge in [0, 0.05) is 23.4 Å². The fourth-order valence-electron chi connectivity index (χ4n) is 4.01. The molecule has 4 nitrogen and oxygen atoms in total. The Hall–Kier alpha value is -1.59. The molecule has 0 amide bonds. The van der Waals surface area contributed by atoms with Crippen molar-refractivity contribution in [1.82, 2.24) is 10.3 Å². The number of ether oxygens (including phenoxy) is 2. The van der Waals surface area contributed by atoms with Crippen LogP contribution in [0.1, 0.15) is 52.4 Å². The molecular formula is C19H24N2O2S. The lowest BCUT2D eigenvalue weighted by Crippen LogP contribution is -2.42. The SMILES string of the molecule is CCCc1nc2c(s1)C1c3cc(OC)c(OC)cc3CCC1NC2. The van der Waals surface area contributed by atoms with Crippen molar-refractivity contribution in [1.29, 1.82) is 0 Å². The summed E-state index contributed by atoms with van der Waals surface area (Å²) < 4.78 is 11.0. The van der Waals surface area contributed by atoms with Crippen LogP contribution in [0.25, 0.3) is 0 Å². The molecule has 2 aromatic rings. The summed E-state index contributed by atoms with van der Waals surface area (Å²) in [5, 5.41) is 4.99. The summed E-state index contributed by atoms with van der Waals surface area (Å²) in [4.78, 5) is 6.33. The van der Waals surface area contributed by atoms with Gasteiger partial charge in [0.15, 0.2) is 11.5 Å². The van der Waals surface area contributed by atoms with Crippen LogP contribution in [0.5, 0.6) is 11.5 Å². The van der Waals surface area contributed by atoms with E-state index in [9.17, 15) is 0 Å². The summed E-state index contributed by atoms with van der Waals surface area (Å²) in [5.74, 6) is 2.04. The highest BCUT2D eigenvalue weighted by Gasteiger charge is 2.37. The van der Waals surface area contributed by atoms with Gasteiger partial charge in [0.1, 0.15) is 0 Å². The van der Waals surface area contributed by atoms with Gasteiger partial charge >= 0.3 is 0 Å². The minimum absolute atomic E-state index is 0.389. The third-order valence-corrected chi connectivity index (χ3v) is 6.40. The Morgan fingerprint density at radius 3 is 2.79 bits per heavy atom. The minimum Gasteiger partial charge on any atom is -0.493 e. The topological polar surface area (TPSA) is 43.4 Å². The predicted molar refractivity (Wildman–Crippen MR) is 96.4 cm³/mol. The van der Waals surface area contributed by atoms with Crippen LogP contribution >= 0.6 is 11.3 Å². The van der Waals surface area contributed by atoms with E-state index in [4.69, 9.17) is 14.5 Å². The molecule has 1 aliphatic carbocycles. The van der Waals surface area contributed by atoms with Gasteiger partial charge in [-0.05, 0) is 48.9 Å². The maximum absolute atomic E-state index is 5.56. The molecule has 0 radical (unpaired) electrons. The second kappa shape index (κ2) is 6.37. The summed E-state index contributed by atoms with van der Waals surface area (Å²) in [6.45, 7) is 3.12. The van der Waals surface area contributed by atoms with Gasteiger partial charge in [0.2, 0.25) is 0 Å². The first-order valence-electron chi connectivity index (χ1n) is 8.71. The van der Waals surface area contributed by atoms with E-state index in [2.05, 4.69) is 24.4 Å². The molecule has 1 aromatic carbocycles. The Morgan fingerprint density at radius 2 is 2.04 bits per heavy atom. The number of hydrogen-bond donors (Lipinski definition) is 1. The van der Waals surface area contributed by atoms with E-state index >= 15 is 0 Å². The fraction of sp³-hybridized carbons (Fsp3) is 0.526. The van der Waals surface area contributed by atoms with Crippen LogP contribution in [0.2, 0.25) is 0 Å². The van der Waals surface area contributed by atoms with E-state index in [0.717, 1.165) is 43.7 Å². The summed E-state index contributed by atoms with van der Waals surface area (Å²) in [7, 11) is 3.41. The van der Waals surface area contributed by atoms with Gasteiger partial charge in [-0.3, -0.25) is 0 Å². The molecule has 1 aromatic heterocycles. The highest BCUT2D eigenvalue weighted by molar-refractivity contribution is 7.11. The van der Waals surface area contributed by atoms with E-state index < -0.39 is 0 Å². The first-order chi connectivity index (χ1) is 11.7. The van der Waals surface area contributed by atoms with E-state index in [1.165, 1.54) is 26.7 Å². The van der Waals surface area contributed by atoms with Crippen molar-refractivity contribution in [2.75, 3.05) is 14.2 Å².